The lowest BCUT2D eigenvalue weighted by molar-refractivity contribution is -0.384. The van der Waals surface area contributed by atoms with E-state index < -0.39 is 16.9 Å². The molecule has 5 nitrogen and oxygen atoms in total. The van der Waals surface area contributed by atoms with Crippen LogP contribution < -0.4 is 4.98 Å². The molecule has 0 amide bonds. The number of nitrogens with zero attached hydrogens (tertiary/aromatic N) is 3. The molecule has 0 aliphatic rings. The Morgan fingerprint density at radius 2 is 2.06 bits per heavy atom. The summed E-state index contributed by atoms with van der Waals surface area (Å²) >= 11 is 0. The zero-order valence-corrected chi connectivity index (χ0v) is 7.52. The molecule has 8 heteroatoms. The van der Waals surface area contributed by atoms with Crippen molar-refractivity contribution in [3.05, 3.63) is 34.1 Å². The second kappa shape index (κ2) is 3.19. The van der Waals surface area contributed by atoms with Gasteiger partial charge in [0.2, 0.25) is 0 Å². The molecular formula is C8H3F3N3O2-. The standard InChI is InChI=1S/C8H3F3N3O2/c9-8(10,11)7-12-5-2-1-4(14(15)16)3-6(5)13-7/h1-3H/q-1. The van der Waals surface area contributed by atoms with Crippen molar-refractivity contribution < 1.29 is 18.1 Å². The number of alkyl halides is 3. The van der Waals surface area contributed by atoms with Crippen LogP contribution in [0.15, 0.2) is 18.2 Å². The molecule has 0 spiro atoms. The van der Waals surface area contributed by atoms with Crippen LogP contribution in [-0.4, -0.2) is 9.91 Å². The molecule has 1 aromatic carbocycles. The number of halogens is 3. The van der Waals surface area contributed by atoms with Gasteiger partial charge < -0.3 is 9.97 Å². The van der Waals surface area contributed by atoms with Gasteiger partial charge in [0.1, 0.15) is 0 Å². The van der Waals surface area contributed by atoms with Crippen LogP contribution in [0.3, 0.4) is 0 Å². The van der Waals surface area contributed by atoms with E-state index in [0.717, 1.165) is 18.2 Å². The molecular weight excluding hydrogens is 227 g/mol. The Labute approximate surface area is 86.1 Å². The summed E-state index contributed by atoms with van der Waals surface area (Å²) < 4.78 is 36.7. The number of aromatic nitrogens is 2. The second-order valence-corrected chi connectivity index (χ2v) is 2.98. The Morgan fingerprint density at radius 3 is 2.62 bits per heavy atom. The molecule has 0 unspecified atom stereocenters. The summed E-state index contributed by atoms with van der Waals surface area (Å²) in [6.45, 7) is 0. The van der Waals surface area contributed by atoms with E-state index in [2.05, 4.69) is 9.97 Å². The topological polar surface area (TPSA) is 70.1 Å². The van der Waals surface area contributed by atoms with Crippen molar-refractivity contribution in [3.63, 3.8) is 0 Å². The Kier molecular flexibility index (Phi) is 2.07. The molecule has 1 heterocycles. The molecule has 16 heavy (non-hydrogen) atoms. The minimum absolute atomic E-state index is 0.0158. The molecule has 2 rings (SSSR count). The maximum Gasteiger partial charge on any atom is 0.408 e. The van der Waals surface area contributed by atoms with Crippen LogP contribution >= 0.6 is 0 Å². The average molecular weight is 230 g/mol. The molecule has 0 N–H and O–H groups in total. The molecule has 0 aliphatic carbocycles. The smallest absolute Gasteiger partial charge is 0.408 e. The zero-order chi connectivity index (χ0) is 11.9. The van der Waals surface area contributed by atoms with E-state index >= 15 is 0 Å². The van der Waals surface area contributed by atoms with Crippen molar-refractivity contribution >= 4 is 16.7 Å². The molecule has 0 radical (unpaired) electrons. The van der Waals surface area contributed by atoms with Crippen molar-refractivity contribution in [1.29, 1.82) is 0 Å². The summed E-state index contributed by atoms with van der Waals surface area (Å²) in [4.78, 5) is 16.1. The first-order chi connectivity index (χ1) is 7.38. The summed E-state index contributed by atoms with van der Waals surface area (Å²) in [5.41, 5.74) is -0.472. The number of benzene rings is 1. The number of nitro groups is 1. The number of nitro benzene ring substituents is 1. The zero-order valence-electron chi connectivity index (χ0n) is 7.52. The van der Waals surface area contributed by atoms with Crippen molar-refractivity contribution in [2.24, 2.45) is 0 Å². The summed E-state index contributed by atoms with van der Waals surface area (Å²) in [6, 6.07) is 3.17. The Bertz CT molecular complexity index is 561. The van der Waals surface area contributed by atoms with E-state index in [0.29, 0.717) is 0 Å². The fraction of sp³-hybridized carbons (Fsp3) is 0.125. The summed E-state index contributed by atoms with van der Waals surface area (Å²) in [5.74, 6) is -1.29. The first-order valence-electron chi connectivity index (χ1n) is 4.04. The summed E-state index contributed by atoms with van der Waals surface area (Å²) in [6.07, 6.45) is -4.65. The third kappa shape index (κ3) is 1.69. The molecule has 0 fully saturated rings. The van der Waals surface area contributed by atoms with E-state index in [1.165, 1.54) is 0 Å². The van der Waals surface area contributed by atoms with Gasteiger partial charge in [-0.1, -0.05) is 6.07 Å². The van der Waals surface area contributed by atoms with Gasteiger partial charge in [-0.15, -0.1) is 0 Å². The lowest BCUT2D eigenvalue weighted by Crippen LogP contribution is -2.08. The van der Waals surface area contributed by atoms with Crippen LogP contribution in [-0.2, 0) is 6.18 Å². The van der Waals surface area contributed by atoms with E-state index in [1.54, 1.807) is 0 Å². The van der Waals surface area contributed by atoms with Gasteiger partial charge in [-0.05, 0) is 11.0 Å². The predicted octanol–water partition coefficient (Wildman–Crippen LogP) is 2.12. The third-order valence-corrected chi connectivity index (χ3v) is 1.88. The SMILES string of the molecule is O=[N+]([O-])c1ccc2[n-]c(C(F)(F)F)nc2c1. The van der Waals surface area contributed by atoms with Crippen LogP contribution in [0.4, 0.5) is 18.9 Å². The number of non-ortho nitro benzene ring substituents is 1. The molecule has 2 aromatic rings. The second-order valence-electron chi connectivity index (χ2n) is 2.98. The highest BCUT2D eigenvalue weighted by atomic mass is 19.4. The maximum atomic E-state index is 12.2. The maximum absolute atomic E-state index is 12.2. The molecule has 0 atom stereocenters. The van der Waals surface area contributed by atoms with Crippen molar-refractivity contribution in [2.75, 3.05) is 0 Å². The van der Waals surface area contributed by atoms with Crippen LogP contribution in [0.1, 0.15) is 5.82 Å². The summed E-state index contributed by atoms with van der Waals surface area (Å²) in [7, 11) is 0. The normalized spacial score (nSPS) is 11.9. The fourth-order valence-corrected chi connectivity index (χ4v) is 1.19. The highest BCUT2D eigenvalue weighted by Crippen LogP contribution is 2.28. The minimum Gasteiger partial charge on any atom is -0.432 e. The van der Waals surface area contributed by atoms with Gasteiger partial charge in [0.05, 0.1) is 4.92 Å². The highest BCUT2D eigenvalue weighted by Gasteiger charge is 2.27. The molecule has 0 bridgehead atoms. The van der Waals surface area contributed by atoms with Gasteiger partial charge in [-0.3, -0.25) is 10.1 Å². The van der Waals surface area contributed by atoms with Gasteiger partial charge in [-0.2, -0.15) is 13.2 Å². The van der Waals surface area contributed by atoms with Crippen LogP contribution in [0.2, 0.25) is 0 Å². The van der Waals surface area contributed by atoms with Crippen molar-refractivity contribution in [1.82, 2.24) is 9.97 Å². The highest BCUT2D eigenvalue weighted by molar-refractivity contribution is 5.77. The van der Waals surface area contributed by atoms with E-state index in [1.807, 2.05) is 0 Å². The number of imidazole rings is 1. The third-order valence-electron chi connectivity index (χ3n) is 1.88. The Hall–Kier alpha value is -2.12. The average Bonchev–Trinajstić information content (AvgIpc) is 2.58. The quantitative estimate of drug-likeness (QED) is 0.555. The first-order valence-corrected chi connectivity index (χ1v) is 4.04. The predicted molar refractivity (Wildman–Crippen MR) is 46.7 cm³/mol. The van der Waals surface area contributed by atoms with Gasteiger partial charge >= 0.3 is 6.18 Å². The molecule has 0 saturated carbocycles. The van der Waals surface area contributed by atoms with Crippen LogP contribution in [0.25, 0.3) is 11.0 Å². The van der Waals surface area contributed by atoms with E-state index in [-0.39, 0.29) is 16.7 Å². The molecule has 84 valence electrons. The van der Waals surface area contributed by atoms with Gasteiger partial charge in [0.25, 0.3) is 5.69 Å². The van der Waals surface area contributed by atoms with Gasteiger partial charge in [0, 0.05) is 18.0 Å². The number of hydrogen-bond acceptors (Lipinski definition) is 3. The van der Waals surface area contributed by atoms with Crippen molar-refractivity contribution in [2.45, 2.75) is 6.18 Å². The van der Waals surface area contributed by atoms with Crippen LogP contribution in [0.5, 0.6) is 0 Å². The Morgan fingerprint density at radius 1 is 1.38 bits per heavy atom. The first kappa shape index (κ1) is 10.4. The van der Waals surface area contributed by atoms with Gasteiger partial charge in [0.15, 0.2) is 0 Å². The summed E-state index contributed by atoms with van der Waals surface area (Å²) in [5, 5.41) is 10.4. The lowest BCUT2D eigenvalue weighted by Gasteiger charge is -2.07. The lowest BCUT2D eigenvalue weighted by atomic mass is 10.3. The minimum atomic E-state index is -4.65. The largest absolute Gasteiger partial charge is 0.432 e. The Balaban J connectivity index is 2.59. The van der Waals surface area contributed by atoms with Gasteiger partial charge in [-0.25, -0.2) is 0 Å². The van der Waals surface area contributed by atoms with E-state index in [9.17, 15) is 23.3 Å². The molecule has 0 aliphatic heterocycles. The van der Waals surface area contributed by atoms with Crippen molar-refractivity contribution in [3.8, 4) is 0 Å². The van der Waals surface area contributed by atoms with E-state index in [4.69, 9.17) is 0 Å². The number of rotatable bonds is 1. The van der Waals surface area contributed by atoms with Crippen LogP contribution in [0, 0.1) is 10.1 Å². The fourth-order valence-electron chi connectivity index (χ4n) is 1.19. The molecule has 0 saturated heterocycles. The monoisotopic (exact) mass is 230 g/mol. The molecule has 1 aromatic heterocycles. The number of fused-ring (bicyclic) bond motifs is 1. The number of hydrogen-bond donors (Lipinski definition) is 0.